The minimum absolute atomic E-state index is 0.0903. The number of hydrogen-bond donors (Lipinski definition) is 0. The fourth-order valence-electron chi connectivity index (χ4n) is 13.8. The summed E-state index contributed by atoms with van der Waals surface area (Å²) in [6.07, 6.45) is 0. The molecule has 11 aromatic carbocycles. The summed E-state index contributed by atoms with van der Waals surface area (Å²) in [5, 5.41) is 10.1. The lowest BCUT2D eigenvalue weighted by molar-refractivity contribution is 0.568. The molecule has 0 unspecified atom stereocenters. The Kier molecular flexibility index (Phi) is 10.7. The van der Waals surface area contributed by atoms with Crippen molar-refractivity contribution in [3.05, 3.63) is 221 Å². The number of anilines is 6. The Hall–Kier alpha value is -7.88. The van der Waals surface area contributed by atoms with E-state index in [1.165, 1.54) is 149 Å². The van der Waals surface area contributed by atoms with Gasteiger partial charge in [-0.15, -0.1) is 0 Å². The Morgan fingerprint density at radius 3 is 1.20 bits per heavy atom. The molecule has 14 rings (SSSR count). The van der Waals surface area contributed by atoms with Crippen LogP contribution in [0.2, 0.25) is 0 Å². The first-order chi connectivity index (χ1) is 37.9. The monoisotopic (exact) mass is 1040 g/mol. The molecule has 80 heavy (non-hydrogen) atoms. The van der Waals surface area contributed by atoms with E-state index in [2.05, 4.69) is 295 Å². The zero-order chi connectivity index (χ0) is 55.7. The van der Waals surface area contributed by atoms with Crippen molar-refractivity contribution in [3.8, 4) is 22.3 Å². The molecule has 2 heterocycles. The van der Waals surface area contributed by atoms with Crippen LogP contribution in [0.1, 0.15) is 130 Å². The van der Waals surface area contributed by atoms with Crippen molar-refractivity contribution in [2.24, 2.45) is 0 Å². The van der Waals surface area contributed by atoms with Crippen LogP contribution in [0.4, 0.5) is 34.1 Å². The van der Waals surface area contributed by atoms with Gasteiger partial charge in [-0.05, 0) is 191 Å². The first-order valence-electron chi connectivity index (χ1n) is 29.2. The topological polar surface area (TPSA) is 6.48 Å². The van der Waals surface area contributed by atoms with Crippen molar-refractivity contribution in [3.63, 3.8) is 0 Å². The molecular weight excluding hydrogens is 964 g/mol. The molecule has 0 amide bonds. The van der Waals surface area contributed by atoms with Gasteiger partial charge in [0, 0.05) is 39.5 Å². The Balaban J connectivity index is 1.17. The van der Waals surface area contributed by atoms with Crippen LogP contribution in [0.3, 0.4) is 0 Å². The number of hydrogen-bond acceptors (Lipinski definition) is 2. The third kappa shape index (κ3) is 7.74. The zero-order valence-corrected chi connectivity index (χ0v) is 49.4. The Labute approximate surface area is 475 Å². The second-order valence-corrected chi connectivity index (χ2v) is 28.3. The Bertz CT molecular complexity index is 4150. The number of fused-ring (bicyclic) bond motifs is 13. The van der Waals surface area contributed by atoms with Crippen molar-refractivity contribution in [2.45, 2.75) is 124 Å². The van der Waals surface area contributed by atoms with Gasteiger partial charge in [-0.25, -0.2) is 0 Å². The van der Waals surface area contributed by atoms with E-state index >= 15 is 0 Å². The molecule has 2 nitrogen and oxygen atoms in total. The van der Waals surface area contributed by atoms with E-state index in [0.717, 1.165) is 0 Å². The molecule has 0 saturated carbocycles. The Morgan fingerprint density at radius 1 is 0.325 bits per heavy atom. The predicted octanol–water partition coefficient (Wildman–Crippen LogP) is 19.5. The van der Waals surface area contributed by atoms with Crippen LogP contribution in [-0.4, -0.2) is 6.71 Å². The van der Waals surface area contributed by atoms with E-state index < -0.39 is 0 Å². The second-order valence-electron chi connectivity index (χ2n) is 28.3. The molecule has 3 heteroatoms. The van der Waals surface area contributed by atoms with Gasteiger partial charge in [0.2, 0.25) is 0 Å². The van der Waals surface area contributed by atoms with Gasteiger partial charge < -0.3 is 9.80 Å². The molecule has 0 atom stereocenters. The second kappa shape index (κ2) is 17.1. The molecule has 394 valence electrons. The van der Waals surface area contributed by atoms with Crippen molar-refractivity contribution < 1.29 is 0 Å². The van der Waals surface area contributed by atoms with Gasteiger partial charge in [-0.1, -0.05) is 230 Å². The molecule has 11 aromatic rings. The van der Waals surface area contributed by atoms with E-state index in [1.54, 1.807) is 0 Å². The standard InChI is InChI=1S/C77H73BN2/c1-73(2,3)52-38-53(74(4,5)6)41-56(40-52)79-68-44-62-49(29-27-46-21-15-17-23-58(46)62)34-66(68)78-67-35-50-30-28-47-22-16-18-24-59(47)63(50)45-69(67)80(57-42-54(75(7,8)9)39-55(43-57)76(10,11)12)71-37-51(36-70(79)72(71)78)48-31-32-61-60-25-19-20-26-64(60)77(13,14)65(61)33-48/h15-45H,1-14H3. The highest BCUT2D eigenvalue weighted by molar-refractivity contribution is 7.00. The third-order valence-corrected chi connectivity index (χ3v) is 18.5. The van der Waals surface area contributed by atoms with Gasteiger partial charge in [0.1, 0.15) is 0 Å². The smallest absolute Gasteiger partial charge is 0.252 e. The molecule has 0 aromatic heterocycles. The summed E-state index contributed by atoms with van der Waals surface area (Å²) in [6, 6.07) is 74.0. The van der Waals surface area contributed by atoms with Crippen LogP contribution < -0.4 is 26.2 Å². The fourth-order valence-corrected chi connectivity index (χ4v) is 13.8. The third-order valence-electron chi connectivity index (χ3n) is 18.5. The SMILES string of the molecule is CC(C)(C)c1cc(N2c3cc4c(ccc5ccccc54)cc3B3c4cc5ccc6ccccc6c5cc4N(c4cc(C(C)(C)C)cc(C(C)(C)C)c4)c4cc(-c5ccc6c(c5)C(C)(C)c5ccccc5-6)cc2c43)cc(C(C)(C)C)c1. The molecule has 0 saturated heterocycles. The van der Waals surface area contributed by atoms with Crippen LogP contribution in [0, 0.1) is 0 Å². The maximum absolute atomic E-state index is 2.69. The molecule has 0 N–H and O–H groups in total. The van der Waals surface area contributed by atoms with Gasteiger partial charge >= 0.3 is 0 Å². The zero-order valence-electron chi connectivity index (χ0n) is 49.4. The van der Waals surface area contributed by atoms with Gasteiger partial charge in [0.15, 0.2) is 0 Å². The summed E-state index contributed by atoms with van der Waals surface area (Å²) in [7, 11) is 0. The minimum Gasteiger partial charge on any atom is -0.311 e. The first kappa shape index (κ1) is 50.4. The van der Waals surface area contributed by atoms with Crippen LogP contribution in [0.25, 0.3) is 65.3 Å². The molecule has 0 radical (unpaired) electrons. The maximum atomic E-state index is 2.69. The summed E-state index contributed by atoms with van der Waals surface area (Å²) < 4.78 is 0. The van der Waals surface area contributed by atoms with E-state index in [9.17, 15) is 0 Å². The number of rotatable bonds is 3. The molecule has 0 bridgehead atoms. The van der Waals surface area contributed by atoms with Crippen LogP contribution >= 0.6 is 0 Å². The van der Waals surface area contributed by atoms with Crippen molar-refractivity contribution >= 4 is 100 Å². The first-order valence-corrected chi connectivity index (χ1v) is 29.2. The Morgan fingerprint density at radius 2 is 0.738 bits per heavy atom. The molecule has 3 aliphatic rings. The summed E-state index contributed by atoms with van der Waals surface area (Å²) in [4.78, 5) is 5.38. The van der Waals surface area contributed by atoms with E-state index in [0.29, 0.717) is 0 Å². The van der Waals surface area contributed by atoms with Gasteiger partial charge in [-0.3, -0.25) is 0 Å². The molecule has 0 spiro atoms. The lowest BCUT2D eigenvalue weighted by atomic mass is 9.33. The largest absolute Gasteiger partial charge is 0.311 e. The van der Waals surface area contributed by atoms with Crippen molar-refractivity contribution in [1.82, 2.24) is 0 Å². The fraction of sp³-hybridized carbons (Fsp3) is 0.247. The van der Waals surface area contributed by atoms with Crippen LogP contribution in [-0.2, 0) is 27.1 Å². The van der Waals surface area contributed by atoms with Crippen molar-refractivity contribution in [2.75, 3.05) is 9.80 Å². The average Bonchev–Trinajstić information content (AvgIpc) is 2.78. The summed E-state index contributed by atoms with van der Waals surface area (Å²) in [5.74, 6) is 0. The highest BCUT2D eigenvalue weighted by atomic mass is 15.2. The maximum Gasteiger partial charge on any atom is 0.252 e. The average molecular weight is 1040 g/mol. The lowest BCUT2D eigenvalue weighted by Crippen LogP contribution is -2.61. The number of benzene rings is 11. The molecule has 1 aliphatic carbocycles. The normalized spacial score (nSPS) is 14.7. The van der Waals surface area contributed by atoms with Crippen molar-refractivity contribution in [1.29, 1.82) is 0 Å². The quantitative estimate of drug-likeness (QED) is 0.129. The summed E-state index contributed by atoms with van der Waals surface area (Å²) >= 11 is 0. The number of nitrogens with zero attached hydrogens (tertiary/aromatic N) is 2. The van der Waals surface area contributed by atoms with E-state index in [1.807, 2.05) is 0 Å². The lowest BCUT2D eigenvalue weighted by Gasteiger charge is -2.45. The van der Waals surface area contributed by atoms with Gasteiger partial charge in [0.05, 0.1) is 0 Å². The summed E-state index contributed by atoms with van der Waals surface area (Å²) in [5.41, 5.74) is 23.9. The molecular formula is C77H73BN2. The highest BCUT2D eigenvalue weighted by Crippen LogP contribution is 2.53. The van der Waals surface area contributed by atoms with Gasteiger partial charge in [0.25, 0.3) is 6.71 Å². The van der Waals surface area contributed by atoms with E-state index in [-0.39, 0.29) is 33.8 Å². The van der Waals surface area contributed by atoms with Crippen LogP contribution in [0.15, 0.2) is 188 Å². The molecule has 2 aliphatic heterocycles. The highest BCUT2D eigenvalue weighted by Gasteiger charge is 2.45. The predicted molar refractivity (Wildman–Crippen MR) is 348 cm³/mol. The summed E-state index contributed by atoms with van der Waals surface area (Å²) in [6.45, 7) is 33.2. The van der Waals surface area contributed by atoms with Crippen LogP contribution in [0.5, 0.6) is 0 Å². The van der Waals surface area contributed by atoms with Gasteiger partial charge in [-0.2, -0.15) is 0 Å². The van der Waals surface area contributed by atoms with E-state index in [4.69, 9.17) is 0 Å². The molecule has 0 fully saturated rings. The minimum atomic E-state index is -0.160.